The Labute approximate surface area is 114 Å². The fourth-order valence-electron chi connectivity index (χ4n) is 2.32. The Morgan fingerprint density at radius 2 is 1.28 bits per heavy atom. The van der Waals surface area contributed by atoms with E-state index in [4.69, 9.17) is 0 Å². The van der Waals surface area contributed by atoms with Gasteiger partial charge in [-0.1, -0.05) is 0 Å². The van der Waals surface area contributed by atoms with Gasteiger partial charge in [-0.15, -0.1) is 0 Å². The van der Waals surface area contributed by atoms with E-state index in [1.54, 1.807) is 0 Å². The van der Waals surface area contributed by atoms with E-state index in [1.165, 1.54) is 7.16 Å². The van der Waals surface area contributed by atoms with Crippen LogP contribution in [0.5, 0.6) is 0 Å². The van der Waals surface area contributed by atoms with Crippen molar-refractivity contribution in [2.24, 2.45) is 0 Å². The maximum atomic E-state index is 11.3. The van der Waals surface area contributed by atoms with Crippen molar-refractivity contribution in [2.45, 2.75) is 24.2 Å². The molecule has 0 atom stereocenters. The first-order valence-electron chi connectivity index (χ1n) is 6.61. The van der Waals surface area contributed by atoms with Crippen LogP contribution in [0.15, 0.2) is 60.7 Å². The molecule has 0 bridgehead atoms. The van der Waals surface area contributed by atoms with Crippen molar-refractivity contribution in [1.29, 1.82) is 0 Å². The summed E-state index contributed by atoms with van der Waals surface area (Å²) in [4.78, 5) is 0. The first-order valence-corrected chi connectivity index (χ1v) is 12.8. The Kier molecular flexibility index (Phi) is 4.84. The van der Waals surface area contributed by atoms with E-state index in [9.17, 15) is 3.44 Å². The van der Waals surface area contributed by atoms with Crippen LogP contribution in [0.3, 0.4) is 0 Å². The third-order valence-corrected chi connectivity index (χ3v) is 13.8. The van der Waals surface area contributed by atoms with Crippen molar-refractivity contribution >= 4 is 25.9 Å². The summed E-state index contributed by atoms with van der Waals surface area (Å²) < 4.78 is 14.6. The summed E-state index contributed by atoms with van der Waals surface area (Å²) in [6, 6.07) is 20.5. The van der Waals surface area contributed by atoms with Crippen LogP contribution in [0.4, 0.5) is 0 Å². The van der Waals surface area contributed by atoms with Gasteiger partial charge in [0.1, 0.15) is 0 Å². The van der Waals surface area contributed by atoms with Crippen LogP contribution >= 0.6 is 0 Å². The fraction of sp³-hybridized carbons (Fsp3) is 0.250. The minimum atomic E-state index is -3.37. The molecule has 0 aliphatic carbocycles. The van der Waals surface area contributed by atoms with Gasteiger partial charge in [0.25, 0.3) is 0 Å². The fourth-order valence-corrected chi connectivity index (χ4v) is 11.6. The molecule has 0 saturated carbocycles. The molecule has 0 spiro atoms. The van der Waals surface area contributed by atoms with Crippen molar-refractivity contribution in [3.05, 3.63) is 60.7 Å². The van der Waals surface area contributed by atoms with E-state index in [0.29, 0.717) is 0 Å². The van der Waals surface area contributed by atoms with Gasteiger partial charge in [-0.25, -0.2) is 0 Å². The number of hydrogen-bond acceptors (Lipinski definition) is 1. The van der Waals surface area contributed by atoms with E-state index < -0.39 is 18.8 Å². The normalized spacial score (nSPS) is 11.4. The predicted octanol–water partition coefficient (Wildman–Crippen LogP) is 2.54. The Morgan fingerprint density at radius 1 is 0.833 bits per heavy atom. The summed E-state index contributed by atoms with van der Waals surface area (Å²) in [7, 11) is 0. The molecule has 0 amide bonds. The van der Waals surface area contributed by atoms with E-state index in [0.717, 1.165) is 17.3 Å². The molecule has 0 heterocycles. The van der Waals surface area contributed by atoms with E-state index in [2.05, 4.69) is 31.2 Å². The van der Waals surface area contributed by atoms with E-state index in [-0.39, 0.29) is 0 Å². The van der Waals surface area contributed by atoms with Gasteiger partial charge in [0.2, 0.25) is 0 Å². The van der Waals surface area contributed by atoms with Gasteiger partial charge < -0.3 is 0 Å². The second-order valence-electron chi connectivity index (χ2n) is 4.70. The average molecular weight is 347 g/mol. The minimum absolute atomic E-state index is 0.971. The van der Waals surface area contributed by atoms with E-state index in [1.807, 2.05) is 36.4 Å². The Balaban J connectivity index is 2.41. The average Bonchev–Trinajstić information content (AvgIpc) is 2.46. The molecule has 2 heteroatoms. The van der Waals surface area contributed by atoms with Crippen molar-refractivity contribution in [1.82, 2.24) is 0 Å². The number of hydrogen-bond donors (Lipinski definition) is 1. The van der Waals surface area contributed by atoms with Crippen LogP contribution in [0, 0.1) is 0 Å². The third-order valence-electron chi connectivity index (χ3n) is 3.39. The standard InChI is InChI=1S/2C6H5.C4H9.H2O.Sn/c2*1-2-4-6-5-3-1;1-3-4-2;;/h2*1-5H;1,3-4H2,2H3;1H2;/q;;;;+1/p-1. The van der Waals surface area contributed by atoms with Crippen LogP contribution in [0.2, 0.25) is 4.44 Å². The van der Waals surface area contributed by atoms with Crippen LogP contribution in [0.1, 0.15) is 19.8 Å². The summed E-state index contributed by atoms with van der Waals surface area (Å²) in [5.74, 6) is 0. The zero-order chi connectivity index (χ0) is 12.8. The number of benzene rings is 2. The molecule has 18 heavy (non-hydrogen) atoms. The predicted molar refractivity (Wildman–Crippen MR) is 79.8 cm³/mol. The van der Waals surface area contributed by atoms with Crippen molar-refractivity contribution in [3.63, 3.8) is 0 Å². The summed E-state index contributed by atoms with van der Waals surface area (Å²) in [6.07, 6.45) is 2.25. The molecule has 0 aromatic heterocycles. The number of rotatable bonds is 5. The second-order valence-corrected chi connectivity index (χ2v) is 14.3. The van der Waals surface area contributed by atoms with Crippen LogP contribution in [-0.2, 0) is 0 Å². The second kappa shape index (κ2) is 6.39. The third kappa shape index (κ3) is 2.96. The topological polar surface area (TPSA) is 20.2 Å². The molecule has 1 N–H and O–H groups in total. The zero-order valence-electron chi connectivity index (χ0n) is 10.8. The van der Waals surface area contributed by atoms with Gasteiger partial charge in [-0.2, -0.15) is 0 Å². The monoisotopic (exact) mass is 348 g/mol. The van der Waals surface area contributed by atoms with Crippen molar-refractivity contribution in [3.8, 4) is 0 Å². The zero-order valence-corrected chi connectivity index (χ0v) is 13.7. The SMILES string of the molecule is CCC[CH2][Sn]([OH])([c]1ccccc1)[c]1ccccc1. The molecule has 0 aliphatic heterocycles. The molecular formula is C16H20OSn. The molecule has 0 radical (unpaired) electrons. The summed E-state index contributed by atoms with van der Waals surface area (Å²) in [6.45, 7) is 2.18. The molecule has 94 valence electrons. The molecule has 1 nitrogen and oxygen atoms in total. The van der Waals surface area contributed by atoms with E-state index >= 15 is 0 Å². The molecular weight excluding hydrogens is 327 g/mol. The molecule has 2 aromatic carbocycles. The van der Waals surface area contributed by atoms with Crippen LogP contribution in [0.25, 0.3) is 0 Å². The summed E-state index contributed by atoms with van der Waals surface area (Å²) >= 11 is -3.37. The van der Waals surface area contributed by atoms with Gasteiger partial charge in [-0.3, -0.25) is 0 Å². The van der Waals surface area contributed by atoms with Crippen molar-refractivity contribution in [2.75, 3.05) is 0 Å². The summed E-state index contributed by atoms with van der Waals surface area (Å²) in [5, 5.41) is 0. The maximum absolute atomic E-state index is 11.3. The quantitative estimate of drug-likeness (QED) is 0.825. The van der Waals surface area contributed by atoms with Crippen molar-refractivity contribution < 1.29 is 3.44 Å². The van der Waals surface area contributed by atoms with Crippen LogP contribution < -0.4 is 7.16 Å². The molecule has 0 saturated heterocycles. The Morgan fingerprint density at radius 3 is 1.67 bits per heavy atom. The van der Waals surface area contributed by atoms with Gasteiger partial charge in [0.15, 0.2) is 0 Å². The van der Waals surface area contributed by atoms with Gasteiger partial charge in [-0.05, 0) is 0 Å². The molecule has 2 rings (SSSR count). The first-order chi connectivity index (χ1) is 8.77. The summed E-state index contributed by atoms with van der Waals surface area (Å²) in [5.41, 5.74) is 0. The Bertz CT molecular complexity index is 427. The number of unbranched alkanes of at least 4 members (excludes halogenated alkanes) is 1. The van der Waals surface area contributed by atoms with Gasteiger partial charge in [0, 0.05) is 0 Å². The van der Waals surface area contributed by atoms with Crippen LogP contribution in [-0.4, -0.2) is 22.2 Å². The molecule has 0 fully saturated rings. The first kappa shape index (κ1) is 13.6. The van der Waals surface area contributed by atoms with Gasteiger partial charge >= 0.3 is 114 Å². The van der Waals surface area contributed by atoms with Gasteiger partial charge in [0.05, 0.1) is 0 Å². The molecule has 0 aliphatic rings. The Hall–Kier alpha value is -0.801. The molecule has 2 aromatic rings. The molecule has 0 unspecified atom stereocenters.